The largest absolute Gasteiger partial charge is 0.384 e. The van der Waals surface area contributed by atoms with Crippen LogP contribution < -0.4 is 5.73 Å². The van der Waals surface area contributed by atoms with Crippen LogP contribution in [0.15, 0.2) is 34.8 Å². The van der Waals surface area contributed by atoms with E-state index >= 15 is 0 Å². The fourth-order valence-electron chi connectivity index (χ4n) is 1.57. The van der Waals surface area contributed by atoms with Crippen molar-refractivity contribution in [3.63, 3.8) is 0 Å². The Morgan fingerprint density at radius 1 is 1.25 bits per heavy atom. The molecule has 3 heterocycles. The van der Waals surface area contributed by atoms with Crippen molar-refractivity contribution in [3.8, 4) is 0 Å². The zero-order valence-electron chi connectivity index (χ0n) is 9.85. The Labute approximate surface area is 115 Å². The van der Waals surface area contributed by atoms with E-state index in [0.29, 0.717) is 16.2 Å². The van der Waals surface area contributed by atoms with Crippen LogP contribution in [-0.2, 0) is 0 Å². The number of aromatic amines is 1. The maximum absolute atomic E-state index is 11.0. The van der Waals surface area contributed by atoms with E-state index in [0.717, 1.165) is 11.8 Å². The van der Waals surface area contributed by atoms with Crippen LogP contribution in [0.1, 0.15) is 0 Å². The van der Waals surface area contributed by atoms with Gasteiger partial charge in [-0.3, -0.25) is 10.1 Å². The molecule has 9 nitrogen and oxygen atoms in total. The van der Waals surface area contributed by atoms with Gasteiger partial charge < -0.3 is 10.7 Å². The lowest BCUT2D eigenvalue weighted by Gasteiger charge is -2.03. The van der Waals surface area contributed by atoms with Crippen molar-refractivity contribution >= 4 is 34.4 Å². The Kier molecular flexibility index (Phi) is 2.91. The first-order valence-electron chi connectivity index (χ1n) is 5.38. The highest BCUT2D eigenvalue weighted by atomic mass is 32.2. The Morgan fingerprint density at radius 2 is 2.10 bits per heavy atom. The number of nitrogens with two attached hydrogens (primary N) is 1. The van der Waals surface area contributed by atoms with Crippen LogP contribution >= 0.6 is 11.8 Å². The SMILES string of the molecule is Nc1ccc([N+](=O)[O-])c(Sc2ncnc3nc[nH]c23)n1. The van der Waals surface area contributed by atoms with Crippen molar-refractivity contribution in [1.82, 2.24) is 24.9 Å². The van der Waals surface area contributed by atoms with E-state index in [4.69, 9.17) is 5.73 Å². The maximum atomic E-state index is 11.0. The Hall–Kier alpha value is -2.75. The number of nitrogens with one attached hydrogen (secondary N) is 1. The second kappa shape index (κ2) is 4.74. The van der Waals surface area contributed by atoms with Gasteiger partial charge in [-0.2, -0.15) is 0 Å². The van der Waals surface area contributed by atoms with Gasteiger partial charge in [-0.05, 0) is 17.8 Å². The molecule has 10 heteroatoms. The van der Waals surface area contributed by atoms with E-state index in [-0.39, 0.29) is 16.5 Å². The molecular formula is C10H7N7O2S. The monoisotopic (exact) mass is 289 g/mol. The summed E-state index contributed by atoms with van der Waals surface area (Å²) in [5.74, 6) is 0.202. The summed E-state index contributed by atoms with van der Waals surface area (Å²) >= 11 is 1.04. The lowest BCUT2D eigenvalue weighted by atomic mass is 10.4. The number of fused-ring (bicyclic) bond motifs is 1. The molecule has 0 aliphatic heterocycles. The predicted octanol–water partition coefficient (Wildman–Crippen LogP) is 1.39. The highest BCUT2D eigenvalue weighted by Crippen LogP contribution is 2.34. The quantitative estimate of drug-likeness (QED) is 0.419. The van der Waals surface area contributed by atoms with Crippen LogP contribution in [0.4, 0.5) is 11.5 Å². The van der Waals surface area contributed by atoms with E-state index in [1.54, 1.807) is 0 Å². The zero-order valence-corrected chi connectivity index (χ0v) is 10.7. The van der Waals surface area contributed by atoms with E-state index in [2.05, 4.69) is 24.9 Å². The molecule has 0 aromatic carbocycles. The number of rotatable bonds is 3. The molecule has 20 heavy (non-hydrogen) atoms. The maximum Gasteiger partial charge on any atom is 0.301 e. The van der Waals surface area contributed by atoms with Crippen molar-refractivity contribution in [1.29, 1.82) is 0 Å². The molecule has 0 saturated carbocycles. The molecule has 3 rings (SSSR count). The lowest BCUT2D eigenvalue weighted by molar-refractivity contribution is -0.388. The number of nitro groups is 1. The number of aromatic nitrogens is 5. The molecular weight excluding hydrogens is 282 g/mol. The first-order valence-corrected chi connectivity index (χ1v) is 6.19. The highest BCUT2D eigenvalue weighted by molar-refractivity contribution is 7.99. The molecule has 0 aliphatic carbocycles. The minimum Gasteiger partial charge on any atom is -0.384 e. The average molecular weight is 289 g/mol. The molecule has 0 amide bonds. The van der Waals surface area contributed by atoms with Crippen LogP contribution in [0, 0.1) is 10.1 Å². The smallest absolute Gasteiger partial charge is 0.301 e. The number of anilines is 1. The molecule has 0 unspecified atom stereocenters. The summed E-state index contributed by atoms with van der Waals surface area (Å²) in [7, 11) is 0. The summed E-state index contributed by atoms with van der Waals surface area (Å²) in [6.07, 6.45) is 2.81. The highest BCUT2D eigenvalue weighted by Gasteiger charge is 2.19. The van der Waals surface area contributed by atoms with Gasteiger partial charge in [0.2, 0.25) is 0 Å². The Morgan fingerprint density at radius 3 is 2.90 bits per heavy atom. The predicted molar refractivity (Wildman–Crippen MR) is 71.1 cm³/mol. The van der Waals surface area contributed by atoms with Crippen molar-refractivity contribution < 1.29 is 4.92 Å². The molecule has 0 radical (unpaired) electrons. The van der Waals surface area contributed by atoms with Crippen LogP contribution in [0.2, 0.25) is 0 Å². The summed E-state index contributed by atoms with van der Waals surface area (Å²) in [5.41, 5.74) is 6.52. The topological polar surface area (TPSA) is 137 Å². The standard InChI is InChI=1S/C10H7N7O2S/c11-6-2-1-5(17(18)19)9(16-6)20-10-7-8(13-3-12-7)14-4-15-10/h1-4H,(H2,11,16)(H,12,13,14,15). The third kappa shape index (κ3) is 2.12. The summed E-state index contributed by atoms with van der Waals surface area (Å²) in [4.78, 5) is 29.4. The molecule has 0 aliphatic rings. The first-order chi connectivity index (χ1) is 9.65. The van der Waals surface area contributed by atoms with Crippen molar-refractivity contribution in [3.05, 3.63) is 34.9 Å². The van der Waals surface area contributed by atoms with Crippen molar-refractivity contribution in [2.75, 3.05) is 5.73 Å². The average Bonchev–Trinajstić information content (AvgIpc) is 2.88. The molecule has 100 valence electrons. The third-order valence-corrected chi connectivity index (χ3v) is 3.44. The Balaban J connectivity index is 2.09. The molecule has 0 spiro atoms. The number of imidazole rings is 1. The normalized spacial score (nSPS) is 10.8. The van der Waals surface area contributed by atoms with Gasteiger partial charge >= 0.3 is 5.69 Å². The van der Waals surface area contributed by atoms with Gasteiger partial charge in [0.1, 0.15) is 22.7 Å². The van der Waals surface area contributed by atoms with Gasteiger partial charge in [-0.15, -0.1) is 0 Å². The number of nitrogens with zero attached hydrogens (tertiary/aromatic N) is 5. The van der Waals surface area contributed by atoms with Gasteiger partial charge in [0.25, 0.3) is 0 Å². The number of pyridine rings is 1. The fourth-order valence-corrected chi connectivity index (χ4v) is 2.51. The second-order valence-corrected chi connectivity index (χ2v) is 4.68. The Bertz CT molecular complexity index is 803. The molecule has 3 aromatic heterocycles. The summed E-state index contributed by atoms with van der Waals surface area (Å²) < 4.78 is 0. The third-order valence-electron chi connectivity index (χ3n) is 2.44. The lowest BCUT2D eigenvalue weighted by Crippen LogP contribution is -1.98. The van der Waals surface area contributed by atoms with Crippen molar-refractivity contribution in [2.24, 2.45) is 0 Å². The molecule has 0 saturated heterocycles. The van der Waals surface area contributed by atoms with Gasteiger partial charge in [-0.25, -0.2) is 19.9 Å². The summed E-state index contributed by atoms with van der Waals surface area (Å²) in [5, 5.41) is 11.7. The molecule has 0 atom stereocenters. The minimum absolute atomic E-state index is 0.129. The zero-order chi connectivity index (χ0) is 14.1. The number of hydrogen-bond donors (Lipinski definition) is 2. The number of hydrogen-bond acceptors (Lipinski definition) is 8. The van der Waals surface area contributed by atoms with Gasteiger partial charge in [-0.1, -0.05) is 0 Å². The minimum atomic E-state index is -0.514. The van der Waals surface area contributed by atoms with Crippen LogP contribution in [0.3, 0.4) is 0 Å². The van der Waals surface area contributed by atoms with E-state index in [1.807, 2.05) is 0 Å². The van der Waals surface area contributed by atoms with Crippen LogP contribution in [0.25, 0.3) is 11.2 Å². The summed E-state index contributed by atoms with van der Waals surface area (Å²) in [6, 6.07) is 2.70. The molecule has 3 N–H and O–H groups in total. The van der Waals surface area contributed by atoms with E-state index in [1.165, 1.54) is 24.8 Å². The fraction of sp³-hybridized carbons (Fsp3) is 0. The second-order valence-electron chi connectivity index (χ2n) is 3.70. The van der Waals surface area contributed by atoms with E-state index < -0.39 is 4.92 Å². The van der Waals surface area contributed by atoms with Gasteiger partial charge in [0, 0.05) is 6.07 Å². The molecule has 0 bridgehead atoms. The van der Waals surface area contributed by atoms with Gasteiger partial charge in [0.05, 0.1) is 11.3 Å². The van der Waals surface area contributed by atoms with E-state index in [9.17, 15) is 10.1 Å². The summed E-state index contributed by atoms with van der Waals surface area (Å²) in [6.45, 7) is 0. The first kappa shape index (κ1) is 12.3. The molecule has 0 fully saturated rings. The number of nitrogen functional groups attached to an aromatic ring is 1. The van der Waals surface area contributed by atoms with Crippen molar-refractivity contribution in [2.45, 2.75) is 10.1 Å². The van der Waals surface area contributed by atoms with Crippen LogP contribution in [0.5, 0.6) is 0 Å². The number of H-pyrrole nitrogens is 1. The van der Waals surface area contributed by atoms with Crippen LogP contribution in [-0.4, -0.2) is 29.8 Å². The van der Waals surface area contributed by atoms with Gasteiger partial charge in [0.15, 0.2) is 10.7 Å². The molecule has 3 aromatic rings.